The normalized spacial score (nSPS) is 10.5. The summed E-state index contributed by atoms with van der Waals surface area (Å²) in [5.41, 5.74) is 6.75. The SMILES string of the molecule is NCCc1ccc(OCCSc2ncc[nH]2)cc1. The lowest BCUT2D eigenvalue weighted by atomic mass is 10.1. The van der Waals surface area contributed by atoms with E-state index in [9.17, 15) is 0 Å². The van der Waals surface area contributed by atoms with Gasteiger partial charge in [-0.2, -0.15) is 0 Å². The molecule has 0 bridgehead atoms. The number of nitrogens with one attached hydrogen (secondary N) is 1. The number of imidazole rings is 1. The Balaban J connectivity index is 1.69. The molecule has 4 nitrogen and oxygen atoms in total. The van der Waals surface area contributed by atoms with Gasteiger partial charge in [0, 0.05) is 18.1 Å². The van der Waals surface area contributed by atoms with Crippen LogP contribution in [0.4, 0.5) is 0 Å². The average Bonchev–Trinajstić information content (AvgIpc) is 2.90. The van der Waals surface area contributed by atoms with Gasteiger partial charge in [0.2, 0.25) is 0 Å². The van der Waals surface area contributed by atoms with E-state index in [4.69, 9.17) is 10.5 Å². The number of thioether (sulfide) groups is 1. The van der Waals surface area contributed by atoms with Gasteiger partial charge in [-0.25, -0.2) is 4.98 Å². The van der Waals surface area contributed by atoms with Crippen LogP contribution >= 0.6 is 11.8 Å². The lowest BCUT2D eigenvalue weighted by Crippen LogP contribution is -2.03. The number of hydrogen-bond acceptors (Lipinski definition) is 4. The number of benzene rings is 1. The number of nitrogens with two attached hydrogens (primary N) is 1. The van der Waals surface area contributed by atoms with E-state index in [2.05, 4.69) is 22.1 Å². The van der Waals surface area contributed by atoms with Crippen LogP contribution in [-0.4, -0.2) is 28.9 Å². The highest BCUT2D eigenvalue weighted by atomic mass is 32.2. The van der Waals surface area contributed by atoms with E-state index in [0.29, 0.717) is 13.2 Å². The van der Waals surface area contributed by atoms with Gasteiger partial charge in [-0.15, -0.1) is 0 Å². The van der Waals surface area contributed by atoms with Crippen molar-refractivity contribution in [2.75, 3.05) is 18.9 Å². The quantitative estimate of drug-likeness (QED) is 0.593. The lowest BCUT2D eigenvalue weighted by molar-refractivity contribution is 0.344. The van der Waals surface area contributed by atoms with Crippen LogP contribution in [0.5, 0.6) is 5.75 Å². The first-order valence-corrected chi connectivity index (χ1v) is 6.91. The molecule has 0 aliphatic carbocycles. The third-order valence-electron chi connectivity index (χ3n) is 2.42. The van der Waals surface area contributed by atoms with E-state index in [1.54, 1.807) is 18.0 Å². The number of aromatic nitrogens is 2. The summed E-state index contributed by atoms with van der Waals surface area (Å²) in [6, 6.07) is 8.09. The van der Waals surface area contributed by atoms with Crippen LogP contribution in [0.1, 0.15) is 5.56 Å². The Kier molecular flexibility index (Phi) is 5.11. The Morgan fingerprint density at radius 3 is 2.78 bits per heavy atom. The zero-order valence-electron chi connectivity index (χ0n) is 10.1. The van der Waals surface area contributed by atoms with E-state index in [0.717, 1.165) is 23.1 Å². The number of rotatable bonds is 7. The smallest absolute Gasteiger partial charge is 0.165 e. The number of H-pyrrole nitrogens is 1. The molecule has 96 valence electrons. The maximum atomic E-state index is 5.64. The summed E-state index contributed by atoms with van der Waals surface area (Å²) in [4.78, 5) is 7.17. The minimum Gasteiger partial charge on any atom is -0.493 e. The fourth-order valence-corrected chi connectivity index (χ4v) is 2.19. The van der Waals surface area contributed by atoms with Crippen LogP contribution in [0.3, 0.4) is 0 Å². The molecule has 5 heteroatoms. The Bertz CT molecular complexity index is 442. The highest BCUT2D eigenvalue weighted by Gasteiger charge is 1.97. The van der Waals surface area contributed by atoms with Gasteiger partial charge in [-0.1, -0.05) is 23.9 Å². The van der Waals surface area contributed by atoms with Gasteiger partial charge >= 0.3 is 0 Å². The molecule has 18 heavy (non-hydrogen) atoms. The second kappa shape index (κ2) is 7.08. The molecule has 0 radical (unpaired) electrons. The van der Waals surface area contributed by atoms with Crippen LogP contribution in [0, 0.1) is 0 Å². The van der Waals surface area contributed by atoms with Gasteiger partial charge in [0.1, 0.15) is 5.75 Å². The molecule has 0 saturated carbocycles. The van der Waals surface area contributed by atoms with Crippen molar-refractivity contribution in [3.8, 4) is 5.75 Å². The fourth-order valence-electron chi connectivity index (χ4n) is 1.55. The minimum atomic E-state index is 0.668. The van der Waals surface area contributed by atoms with Crippen molar-refractivity contribution in [2.24, 2.45) is 5.73 Å². The molecule has 0 saturated heterocycles. The van der Waals surface area contributed by atoms with Crippen molar-refractivity contribution in [3.63, 3.8) is 0 Å². The highest BCUT2D eigenvalue weighted by Crippen LogP contribution is 2.15. The second-order valence-electron chi connectivity index (χ2n) is 3.77. The molecule has 0 aliphatic rings. The van der Waals surface area contributed by atoms with E-state index < -0.39 is 0 Å². The monoisotopic (exact) mass is 263 g/mol. The number of nitrogens with zero attached hydrogens (tertiary/aromatic N) is 1. The van der Waals surface area contributed by atoms with Gasteiger partial charge in [0.15, 0.2) is 5.16 Å². The zero-order chi connectivity index (χ0) is 12.6. The molecule has 0 amide bonds. The molecule has 3 N–H and O–H groups in total. The van der Waals surface area contributed by atoms with Crippen LogP contribution in [0.2, 0.25) is 0 Å². The Labute approximate surface area is 111 Å². The summed E-state index contributed by atoms with van der Waals surface area (Å²) in [5.74, 6) is 1.77. The third-order valence-corrected chi connectivity index (χ3v) is 3.29. The molecule has 1 aromatic carbocycles. The predicted octanol–water partition coefficient (Wildman–Crippen LogP) is 2.08. The molecule has 0 aliphatic heterocycles. The van der Waals surface area contributed by atoms with Crippen molar-refractivity contribution in [1.82, 2.24) is 9.97 Å². The van der Waals surface area contributed by atoms with Gasteiger partial charge in [-0.3, -0.25) is 0 Å². The van der Waals surface area contributed by atoms with E-state index in [1.807, 2.05) is 18.3 Å². The molecular weight excluding hydrogens is 246 g/mol. The van der Waals surface area contributed by atoms with Crippen molar-refractivity contribution in [3.05, 3.63) is 42.2 Å². The van der Waals surface area contributed by atoms with E-state index in [1.165, 1.54) is 5.56 Å². The predicted molar refractivity (Wildman–Crippen MR) is 74.0 cm³/mol. The van der Waals surface area contributed by atoms with Crippen molar-refractivity contribution in [1.29, 1.82) is 0 Å². The molecule has 0 fully saturated rings. The van der Waals surface area contributed by atoms with Crippen molar-refractivity contribution in [2.45, 2.75) is 11.6 Å². The molecule has 0 unspecified atom stereocenters. The van der Waals surface area contributed by atoms with Crippen LogP contribution in [0.25, 0.3) is 0 Å². The summed E-state index contributed by atoms with van der Waals surface area (Å²) in [6.45, 7) is 1.35. The topological polar surface area (TPSA) is 63.9 Å². The van der Waals surface area contributed by atoms with Crippen LogP contribution in [-0.2, 0) is 6.42 Å². The largest absolute Gasteiger partial charge is 0.493 e. The Morgan fingerprint density at radius 1 is 1.28 bits per heavy atom. The summed E-state index contributed by atoms with van der Waals surface area (Å²) in [7, 11) is 0. The maximum Gasteiger partial charge on any atom is 0.165 e. The first kappa shape index (κ1) is 13.0. The summed E-state index contributed by atoms with van der Waals surface area (Å²) >= 11 is 1.65. The molecule has 0 atom stereocenters. The molecule has 1 aromatic heterocycles. The van der Waals surface area contributed by atoms with Gasteiger partial charge in [0.25, 0.3) is 0 Å². The number of aromatic amines is 1. The Hall–Kier alpha value is -1.46. The summed E-state index contributed by atoms with van der Waals surface area (Å²) in [6.07, 6.45) is 4.48. The maximum absolute atomic E-state index is 5.64. The highest BCUT2D eigenvalue weighted by molar-refractivity contribution is 7.99. The van der Waals surface area contributed by atoms with Crippen LogP contribution < -0.4 is 10.5 Å². The zero-order valence-corrected chi connectivity index (χ0v) is 11.0. The summed E-state index contributed by atoms with van der Waals surface area (Å²) in [5, 5.41) is 0.928. The first-order valence-electron chi connectivity index (χ1n) is 5.92. The summed E-state index contributed by atoms with van der Waals surface area (Å²) < 4.78 is 5.64. The van der Waals surface area contributed by atoms with E-state index in [-0.39, 0.29) is 0 Å². The fraction of sp³-hybridized carbons (Fsp3) is 0.308. The average molecular weight is 263 g/mol. The minimum absolute atomic E-state index is 0.668. The number of ether oxygens (including phenoxy) is 1. The van der Waals surface area contributed by atoms with Gasteiger partial charge in [0.05, 0.1) is 6.61 Å². The second-order valence-corrected chi connectivity index (χ2v) is 4.86. The van der Waals surface area contributed by atoms with Crippen molar-refractivity contribution >= 4 is 11.8 Å². The van der Waals surface area contributed by atoms with Gasteiger partial charge in [-0.05, 0) is 30.7 Å². The molecule has 1 heterocycles. The standard InChI is InChI=1S/C13H17N3OS/c14-6-5-11-1-3-12(4-2-11)17-9-10-18-13-15-7-8-16-13/h1-4,7-8H,5-6,9-10,14H2,(H,15,16). The van der Waals surface area contributed by atoms with Crippen molar-refractivity contribution < 1.29 is 4.74 Å². The molecule has 2 aromatic rings. The Morgan fingerprint density at radius 2 is 2.11 bits per heavy atom. The molecular formula is C13H17N3OS. The molecule has 2 rings (SSSR count). The van der Waals surface area contributed by atoms with E-state index >= 15 is 0 Å². The molecule has 0 spiro atoms. The van der Waals surface area contributed by atoms with Gasteiger partial charge < -0.3 is 15.5 Å². The van der Waals surface area contributed by atoms with Crippen LogP contribution in [0.15, 0.2) is 41.8 Å². The number of hydrogen-bond donors (Lipinski definition) is 2. The first-order chi connectivity index (χ1) is 8.88. The lowest BCUT2D eigenvalue weighted by Gasteiger charge is -2.06. The third kappa shape index (κ3) is 4.09.